The number of rotatable bonds is 3. The summed E-state index contributed by atoms with van der Waals surface area (Å²) in [7, 11) is 0.627. The predicted molar refractivity (Wildman–Crippen MR) is 42.6 cm³/mol. The van der Waals surface area contributed by atoms with Gasteiger partial charge in [-0.05, 0) is 20.9 Å². The molecule has 2 N–H and O–H groups in total. The molecule has 0 rings (SSSR count). The summed E-state index contributed by atoms with van der Waals surface area (Å²) in [4.78, 5) is 1.91. The molecule has 3 nitrogen and oxygen atoms in total. The van der Waals surface area contributed by atoms with Gasteiger partial charge in [0.1, 0.15) is 0 Å². The second kappa shape index (κ2) is 3.96. The molecule has 0 heterocycles. The van der Waals surface area contributed by atoms with Crippen LogP contribution in [-0.4, -0.2) is 41.1 Å². The lowest BCUT2D eigenvalue weighted by molar-refractivity contribution is 0.220. The van der Waals surface area contributed by atoms with Gasteiger partial charge in [0.05, 0.1) is 0 Å². The monoisotopic (exact) mass is 145 g/mol. The Morgan fingerprint density at radius 3 is 1.70 bits per heavy atom. The van der Waals surface area contributed by atoms with Crippen molar-refractivity contribution >= 4 is 7.12 Å². The molecule has 0 aromatic heterocycles. The molecule has 4 heteroatoms. The minimum absolute atomic E-state index is 0.194. The van der Waals surface area contributed by atoms with Crippen LogP contribution in [0, 0.1) is 0 Å². The Morgan fingerprint density at radius 2 is 1.60 bits per heavy atom. The summed E-state index contributed by atoms with van der Waals surface area (Å²) in [5.74, 6) is -0.194. The van der Waals surface area contributed by atoms with Crippen molar-refractivity contribution in [1.82, 2.24) is 4.90 Å². The third-order valence-corrected chi connectivity index (χ3v) is 1.89. The van der Waals surface area contributed by atoms with E-state index in [2.05, 4.69) is 0 Å². The first kappa shape index (κ1) is 9.94. The molecule has 0 radical (unpaired) electrons. The lowest BCUT2D eigenvalue weighted by Gasteiger charge is -2.27. The molecule has 0 saturated carbocycles. The van der Waals surface area contributed by atoms with Gasteiger partial charge in [0.2, 0.25) is 0 Å². The molecule has 0 spiro atoms. The molecule has 0 aliphatic carbocycles. The van der Waals surface area contributed by atoms with Crippen molar-refractivity contribution in [2.24, 2.45) is 0 Å². The first-order valence-corrected chi connectivity index (χ1v) is 3.55. The summed E-state index contributed by atoms with van der Waals surface area (Å²) >= 11 is 0. The molecule has 0 bridgehead atoms. The summed E-state index contributed by atoms with van der Waals surface area (Å²) in [5.41, 5.74) is 0. The highest BCUT2D eigenvalue weighted by molar-refractivity contribution is 6.43. The standard InChI is InChI=1S/C6H16BNO2/c1-5(2)8(4)6(3)7(9)10/h5-6,9-10H,1-4H3. The minimum Gasteiger partial charge on any atom is -0.426 e. The van der Waals surface area contributed by atoms with Crippen LogP contribution in [0.2, 0.25) is 0 Å². The fourth-order valence-electron chi connectivity index (χ4n) is 0.681. The summed E-state index contributed by atoms with van der Waals surface area (Å²) < 4.78 is 0. The highest BCUT2D eigenvalue weighted by atomic mass is 16.4. The lowest BCUT2D eigenvalue weighted by Crippen LogP contribution is -2.45. The Kier molecular flexibility index (Phi) is 3.94. The maximum absolute atomic E-state index is 8.75. The molecule has 0 aliphatic heterocycles. The Labute approximate surface area is 62.8 Å². The van der Waals surface area contributed by atoms with Crippen LogP contribution in [0.4, 0.5) is 0 Å². The highest BCUT2D eigenvalue weighted by Crippen LogP contribution is 2.01. The van der Waals surface area contributed by atoms with Crippen molar-refractivity contribution in [2.45, 2.75) is 32.8 Å². The van der Waals surface area contributed by atoms with E-state index < -0.39 is 7.12 Å². The largest absolute Gasteiger partial charge is 0.469 e. The normalized spacial score (nSPS) is 14.4. The van der Waals surface area contributed by atoms with E-state index in [1.54, 1.807) is 6.92 Å². The van der Waals surface area contributed by atoms with E-state index in [0.717, 1.165) is 0 Å². The Hall–Kier alpha value is -0.0551. The molecule has 1 unspecified atom stereocenters. The van der Waals surface area contributed by atoms with E-state index in [0.29, 0.717) is 6.04 Å². The first-order valence-electron chi connectivity index (χ1n) is 3.55. The molecular formula is C6H16BNO2. The smallest absolute Gasteiger partial charge is 0.426 e. The van der Waals surface area contributed by atoms with Crippen molar-refractivity contribution in [1.29, 1.82) is 0 Å². The van der Waals surface area contributed by atoms with Gasteiger partial charge in [-0.3, -0.25) is 0 Å². The zero-order chi connectivity index (χ0) is 8.31. The average molecular weight is 145 g/mol. The van der Waals surface area contributed by atoms with E-state index in [4.69, 9.17) is 10.0 Å². The quantitative estimate of drug-likeness (QED) is 0.537. The van der Waals surface area contributed by atoms with Crippen molar-refractivity contribution in [2.75, 3.05) is 7.05 Å². The van der Waals surface area contributed by atoms with Crippen molar-refractivity contribution in [3.63, 3.8) is 0 Å². The molecule has 0 amide bonds. The molecule has 60 valence electrons. The van der Waals surface area contributed by atoms with Gasteiger partial charge in [0.25, 0.3) is 0 Å². The van der Waals surface area contributed by atoms with Gasteiger partial charge in [0, 0.05) is 12.0 Å². The zero-order valence-electron chi connectivity index (χ0n) is 7.07. The first-order chi connectivity index (χ1) is 4.46. The Balaban J connectivity index is 3.81. The predicted octanol–water partition coefficient (Wildman–Crippen LogP) is -0.273. The molecule has 10 heavy (non-hydrogen) atoms. The van der Waals surface area contributed by atoms with Gasteiger partial charge in [-0.1, -0.05) is 6.92 Å². The van der Waals surface area contributed by atoms with E-state index in [9.17, 15) is 0 Å². The number of nitrogens with zero attached hydrogens (tertiary/aromatic N) is 1. The van der Waals surface area contributed by atoms with Crippen molar-refractivity contribution in [3.05, 3.63) is 0 Å². The van der Waals surface area contributed by atoms with Gasteiger partial charge in [-0.2, -0.15) is 0 Å². The van der Waals surface area contributed by atoms with Gasteiger partial charge in [-0.15, -0.1) is 0 Å². The minimum atomic E-state index is -1.24. The van der Waals surface area contributed by atoms with Crippen LogP contribution in [0.5, 0.6) is 0 Å². The van der Waals surface area contributed by atoms with E-state index in [1.807, 2.05) is 25.8 Å². The average Bonchev–Trinajstić information content (AvgIpc) is 1.84. The second-order valence-corrected chi connectivity index (χ2v) is 2.91. The van der Waals surface area contributed by atoms with E-state index in [-0.39, 0.29) is 5.94 Å². The lowest BCUT2D eigenvalue weighted by atomic mass is 9.79. The van der Waals surface area contributed by atoms with Crippen LogP contribution in [-0.2, 0) is 0 Å². The van der Waals surface area contributed by atoms with Gasteiger partial charge in [0.15, 0.2) is 0 Å². The third-order valence-electron chi connectivity index (χ3n) is 1.89. The van der Waals surface area contributed by atoms with Crippen LogP contribution < -0.4 is 0 Å². The van der Waals surface area contributed by atoms with Crippen molar-refractivity contribution in [3.8, 4) is 0 Å². The molecule has 0 fully saturated rings. The van der Waals surface area contributed by atoms with Gasteiger partial charge < -0.3 is 14.9 Å². The SMILES string of the molecule is CC(C)N(C)C(C)B(O)O. The molecule has 0 saturated heterocycles. The second-order valence-electron chi connectivity index (χ2n) is 2.91. The van der Waals surface area contributed by atoms with Crippen LogP contribution in [0.1, 0.15) is 20.8 Å². The summed E-state index contributed by atoms with van der Waals surface area (Å²) in [6.45, 7) is 5.81. The topological polar surface area (TPSA) is 43.7 Å². The third kappa shape index (κ3) is 2.69. The number of hydrogen-bond donors (Lipinski definition) is 2. The van der Waals surface area contributed by atoms with Crippen LogP contribution in [0.15, 0.2) is 0 Å². The number of hydrogen-bond acceptors (Lipinski definition) is 3. The zero-order valence-corrected chi connectivity index (χ0v) is 7.07. The Bertz CT molecular complexity index is 85.7. The van der Waals surface area contributed by atoms with Crippen molar-refractivity contribution < 1.29 is 10.0 Å². The fourth-order valence-corrected chi connectivity index (χ4v) is 0.681. The summed E-state index contributed by atoms with van der Waals surface area (Å²) in [6.07, 6.45) is 0. The van der Waals surface area contributed by atoms with Crippen LogP contribution in [0.3, 0.4) is 0 Å². The molecule has 0 aromatic carbocycles. The highest BCUT2D eigenvalue weighted by Gasteiger charge is 2.23. The fraction of sp³-hybridized carbons (Fsp3) is 1.00. The maximum atomic E-state index is 8.75. The maximum Gasteiger partial charge on any atom is 0.469 e. The van der Waals surface area contributed by atoms with Gasteiger partial charge >= 0.3 is 7.12 Å². The van der Waals surface area contributed by atoms with Crippen LogP contribution in [0.25, 0.3) is 0 Å². The molecule has 0 aliphatic rings. The summed E-state index contributed by atoms with van der Waals surface area (Å²) in [6, 6.07) is 0.344. The van der Waals surface area contributed by atoms with E-state index in [1.165, 1.54) is 0 Å². The van der Waals surface area contributed by atoms with Crippen LogP contribution >= 0.6 is 0 Å². The van der Waals surface area contributed by atoms with Gasteiger partial charge in [-0.25, -0.2) is 0 Å². The molecule has 1 atom stereocenters. The molecule has 0 aromatic rings. The Morgan fingerprint density at radius 1 is 1.20 bits per heavy atom. The summed E-state index contributed by atoms with van der Waals surface area (Å²) in [5, 5.41) is 17.5. The van der Waals surface area contributed by atoms with E-state index >= 15 is 0 Å². The molecular weight excluding hydrogens is 129 g/mol.